The van der Waals surface area contributed by atoms with Crippen LogP contribution in [-0.4, -0.2) is 43.0 Å². The fourth-order valence-corrected chi connectivity index (χ4v) is 3.98. The molecule has 0 N–H and O–H groups in total. The minimum atomic E-state index is -0.199. The molecular formula is C15H27NO2. The van der Waals surface area contributed by atoms with Crippen molar-refractivity contribution in [2.75, 3.05) is 26.3 Å². The van der Waals surface area contributed by atoms with Crippen LogP contribution in [0.5, 0.6) is 0 Å². The average molecular weight is 253 g/mol. The second kappa shape index (κ2) is 5.48. The fraction of sp³-hybridized carbons (Fsp3) is 1.00. The first-order chi connectivity index (χ1) is 8.81. The summed E-state index contributed by atoms with van der Waals surface area (Å²) in [4.78, 5) is 2.71. The normalized spacial score (nSPS) is 37.2. The van der Waals surface area contributed by atoms with Crippen LogP contribution in [0.3, 0.4) is 0 Å². The molecule has 1 spiro atoms. The highest BCUT2D eigenvalue weighted by atomic mass is 16.7. The van der Waals surface area contributed by atoms with E-state index in [1.54, 1.807) is 0 Å². The maximum atomic E-state index is 5.81. The Kier molecular flexibility index (Phi) is 3.92. The average Bonchev–Trinajstić information content (AvgIpc) is 2.88. The number of hydrogen-bond acceptors (Lipinski definition) is 3. The van der Waals surface area contributed by atoms with E-state index in [9.17, 15) is 0 Å². The van der Waals surface area contributed by atoms with Crippen molar-refractivity contribution in [1.82, 2.24) is 4.90 Å². The predicted octanol–water partition coefficient (Wildman–Crippen LogP) is 2.79. The molecule has 0 bridgehead atoms. The van der Waals surface area contributed by atoms with Gasteiger partial charge in [-0.1, -0.05) is 26.2 Å². The summed E-state index contributed by atoms with van der Waals surface area (Å²) in [6, 6.07) is 0.836. The number of ether oxygens (including phenoxy) is 2. The maximum absolute atomic E-state index is 5.81. The van der Waals surface area contributed by atoms with Crippen molar-refractivity contribution < 1.29 is 9.47 Å². The van der Waals surface area contributed by atoms with Gasteiger partial charge in [0.2, 0.25) is 0 Å². The van der Waals surface area contributed by atoms with Gasteiger partial charge in [-0.3, -0.25) is 4.90 Å². The predicted molar refractivity (Wildman–Crippen MR) is 71.5 cm³/mol. The molecule has 0 aromatic rings. The summed E-state index contributed by atoms with van der Waals surface area (Å²) in [5.41, 5.74) is 0. The zero-order chi connectivity index (χ0) is 12.4. The Bertz CT molecular complexity index is 266. The van der Waals surface area contributed by atoms with Crippen LogP contribution in [0, 0.1) is 5.92 Å². The number of likely N-dealkylation sites (tertiary alicyclic amines) is 1. The van der Waals surface area contributed by atoms with Crippen LogP contribution < -0.4 is 0 Å². The van der Waals surface area contributed by atoms with Crippen molar-refractivity contribution in [1.29, 1.82) is 0 Å². The molecule has 0 amide bonds. The van der Waals surface area contributed by atoms with Crippen molar-refractivity contribution in [2.45, 2.75) is 63.7 Å². The summed E-state index contributed by atoms with van der Waals surface area (Å²) in [6.07, 6.45) is 9.21. The number of hydrogen-bond donors (Lipinski definition) is 0. The molecule has 18 heavy (non-hydrogen) atoms. The Morgan fingerprint density at radius 3 is 2.50 bits per heavy atom. The molecule has 1 aliphatic carbocycles. The second-order valence-corrected chi connectivity index (χ2v) is 6.24. The molecule has 3 rings (SSSR count). The molecule has 2 saturated heterocycles. The summed E-state index contributed by atoms with van der Waals surface area (Å²) in [5.74, 6) is 0.772. The molecular weight excluding hydrogens is 226 g/mol. The molecule has 2 aliphatic heterocycles. The largest absolute Gasteiger partial charge is 0.347 e. The minimum Gasteiger partial charge on any atom is -0.347 e. The first kappa shape index (κ1) is 12.9. The molecule has 0 aromatic carbocycles. The molecule has 0 aromatic heterocycles. The quantitative estimate of drug-likeness (QED) is 0.755. The summed E-state index contributed by atoms with van der Waals surface area (Å²) in [6.45, 7) is 6.27. The van der Waals surface area contributed by atoms with Crippen LogP contribution in [0.2, 0.25) is 0 Å². The van der Waals surface area contributed by atoms with Gasteiger partial charge in [0.25, 0.3) is 0 Å². The van der Waals surface area contributed by atoms with Gasteiger partial charge in [-0.15, -0.1) is 0 Å². The zero-order valence-corrected chi connectivity index (χ0v) is 11.7. The summed E-state index contributed by atoms with van der Waals surface area (Å²) in [5, 5.41) is 0. The van der Waals surface area contributed by atoms with E-state index in [0.717, 1.165) is 38.0 Å². The van der Waals surface area contributed by atoms with Gasteiger partial charge in [0.15, 0.2) is 5.79 Å². The lowest BCUT2D eigenvalue weighted by atomic mass is 9.82. The third-order valence-corrected chi connectivity index (χ3v) is 5.22. The number of rotatable bonds is 2. The van der Waals surface area contributed by atoms with Gasteiger partial charge in [-0.2, -0.15) is 0 Å². The van der Waals surface area contributed by atoms with Gasteiger partial charge >= 0.3 is 0 Å². The van der Waals surface area contributed by atoms with E-state index in [0.29, 0.717) is 0 Å². The molecule has 2 unspecified atom stereocenters. The van der Waals surface area contributed by atoms with Gasteiger partial charge < -0.3 is 9.47 Å². The van der Waals surface area contributed by atoms with E-state index in [1.165, 1.54) is 45.2 Å². The third-order valence-electron chi connectivity index (χ3n) is 5.22. The Labute approximate surface area is 111 Å². The summed E-state index contributed by atoms with van der Waals surface area (Å²) < 4.78 is 11.6. The Morgan fingerprint density at radius 1 is 1.11 bits per heavy atom. The van der Waals surface area contributed by atoms with Crippen LogP contribution in [0.15, 0.2) is 0 Å². The van der Waals surface area contributed by atoms with Crippen LogP contribution in [0.4, 0.5) is 0 Å². The monoisotopic (exact) mass is 253 g/mol. The van der Waals surface area contributed by atoms with E-state index in [-0.39, 0.29) is 5.79 Å². The second-order valence-electron chi connectivity index (χ2n) is 6.24. The first-order valence-electron chi connectivity index (χ1n) is 7.83. The smallest absolute Gasteiger partial charge is 0.170 e. The van der Waals surface area contributed by atoms with Crippen LogP contribution in [0.25, 0.3) is 0 Å². The number of piperidine rings is 1. The lowest BCUT2D eigenvalue weighted by molar-refractivity contribution is -0.188. The minimum absolute atomic E-state index is 0.199. The van der Waals surface area contributed by atoms with E-state index >= 15 is 0 Å². The third kappa shape index (κ3) is 2.59. The number of nitrogens with zero attached hydrogens (tertiary/aromatic N) is 1. The molecule has 3 fully saturated rings. The van der Waals surface area contributed by atoms with Crippen LogP contribution in [-0.2, 0) is 9.47 Å². The molecule has 3 nitrogen and oxygen atoms in total. The molecule has 2 heterocycles. The van der Waals surface area contributed by atoms with E-state index < -0.39 is 0 Å². The first-order valence-corrected chi connectivity index (χ1v) is 7.83. The zero-order valence-electron chi connectivity index (χ0n) is 11.7. The Balaban J connectivity index is 1.52. The van der Waals surface area contributed by atoms with Gasteiger partial charge in [0.1, 0.15) is 0 Å². The Morgan fingerprint density at radius 2 is 1.83 bits per heavy atom. The van der Waals surface area contributed by atoms with Crippen molar-refractivity contribution >= 4 is 0 Å². The molecule has 104 valence electrons. The highest BCUT2D eigenvalue weighted by Gasteiger charge is 2.41. The van der Waals surface area contributed by atoms with Crippen molar-refractivity contribution in [3.63, 3.8) is 0 Å². The van der Waals surface area contributed by atoms with Crippen molar-refractivity contribution in [2.24, 2.45) is 5.92 Å². The molecule has 0 radical (unpaired) electrons. The Hall–Kier alpha value is -0.120. The SMILES string of the molecule is CCC1CCCC(N2CCC3(CC2)OCCO3)C1. The van der Waals surface area contributed by atoms with Crippen molar-refractivity contribution in [3.05, 3.63) is 0 Å². The molecule has 1 saturated carbocycles. The molecule has 3 aliphatic rings. The lowest BCUT2D eigenvalue weighted by Crippen LogP contribution is -2.49. The van der Waals surface area contributed by atoms with Crippen molar-refractivity contribution in [3.8, 4) is 0 Å². The highest BCUT2D eigenvalue weighted by Crippen LogP contribution is 2.35. The summed E-state index contributed by atoms with van der Waals surface area (Å²) in [7, 11) is 0. The van der Waals surface area contributed by atoms with Gasteiger partial charge in [-0.25, -0.2) is 0 Å². The lowest BCUT2D eigenvalue weighted by Gasteiger charge is -2.43. The molecule has 3 heteroatoms. The standard InChI is InChI=1S/C15H27NO2/c1-2-13-4-3-5-14(12-13)16-8-6-15(7-9-16)17-10-11-18-15/h13-14H,2-12H2,1H3. The van der Waals surface area contributed by atoms with Gasteiger partial charge in [0, 0.05) is 32.0 Å². The summed E-state index contributed by atoms with van der Waals surface area (Å²) >= 11 is 0. The maximum Gasteiger partial charge on any atom is 0.170 e. The van der Waals surface area contributed by atoms with Gasteiger partial charge in [-0.05, 0) is 18.8 Å². The van der Waals surface area contributed by atoms with E-state index in [1.807, 2.05) is 0 Å². The highest BCUT2D eigenvalue weighted by molar-refractivity contribution is 4.87. The van der Waals surface area contributed by atoms with Crippen LogP contribution >= 0.6 is 0 Å². The molecule has 2 atom stereocenters. The fourth-order valence-electron chi connectivity index (χ4n) is 3.98. The van der Waals surface area contributed by atoms with E-state index in [2.05, 4.69) is 11.8 Å². The van der Waals surface area contributed by atoms with Crippen LogP contribution in [0.1, 0.15) is 51.9 Å². The topological polar surface area (TPSA) is 21.7 Å². The van der Waals surface area contributed by atoms with Gasteiger partial charge in [0.05, 0.1) is 13.2 Å². The van der Waals surface area contributed by atoms with E-state index in [4.69, 9.17) is 9.47 Å².